The molecule has 0 aliphatic carbocycles. The van der Waals surface area contributed by atoms with E-state index >= 15 is 0 Å². The number of H-pyrrole nitrogens is 2. The fourth-order valence-electron chi connectivity index (χ4n) is 1.98. The van der Waals surface area contributed by atoms with Crippen LogP contribution in [0.15, 0.2) is 46.1 Å². The first-order valence-electron chi connectivity index (χ1n) is 6.12. The van der Waals surface area contributed by atoms with Crippen LogP contribution in [-0.4, -0.2) is 23.4 Å². The maximum Gasteiger partial charge on any atom is 0.323 e. The molecule has 2 heterocycles. The summed E-state index contributed by atoms with van der Waals surface area (Å²) >= 11 is 0. The first kappa shape index (κ1) is 13.4. The van der Waals surface area contributed by atoms with Gasteiger partial charge in [0.05, 0.1) is 15.9 Å². The Hall–Kier alpha value is -2.61. The zero-order chi connectivity index (χ0) is 15.0. The number of nitrogens with zero attached hydrogens (tertiary/aromatic N) is 1. The minimum absolute atomic E-state index is 0.0496. The lowest BCUT2D eigenvalue weighted by Gasteiger charge is -2.07. The molecule has 0 atom stereocenters. The number of pyridine rings is 1. The number of hydrogen-bond donors (Lipinski definition) is 3. The minimum Gasteiger partial charge on any atom is -0.306 e. The Morgan fingerprint density at radius 2 is 1.86 bits per heavy atom. The van der Waals surface area contributed by atoms with E-state index in [2.05, 4.69) is 19.7 Å². The van der Waals surface area contributed by atoms with Gasteiger partial charge in [0.25, 0.3) is 10.0 Å². The van der Waals surface area contributed by atoms with Crippen LogP contribution in [0.4, 0.5) is 5.82 Å². The number of anilines is 1. The average Bonchev–Trinajstić information content (AvgIpc) is 2.77. The smallest absolute Gasteiger partial charge is 0.306 e. The van der Waals surface area contributed by atoms with Crippen LogP contribution in [-0.2, 0) is 10.0 Å². The van der Waals surface area contributed by atoms with Crippen LogP contribution < -0.4 is 10.4 Å². The monoisotopic (exact) mass is 304 g/mol. The van der Waals surface area contributed by atoms with Crippen LogP contribution in [0.3, 0.4) is 0 Å². The second-order valence-electron chi connectivity index (χ2n) is 4.56. The molecule has 0 spiro atoms. The van der Waals surface area contributed by atoms with Gasteiger partial charge in [-0.05, 0) is 37.3 Å². The van der Waals surface area contributed by atoms with Crippen LogP contribution in [0, 0.1) is 6.92 Å². The van der Waals surface area contributed by atoms with Crippen LogP contribution in [0.5, 0.6) is 0 Å². The van der Waals surface area contributed by atoms with E-state index in [-0.39, 0.29) is 16.4 Å². The first-order chi connectivity index (χ1) is 9.94. The number of fused-ring (bicyclic) bond motifs is 1. The van der Waals surface area contributed by atoms with Crippen LogP contribution in [0.2, 0.25) is 0 Å². The number of sulfonamides is 1. The van der Waals surface area contributed by atoms with E-state index in [9.17, 15) is 13.2 Å². The molecule has 0 amide bonds. The highest BCUT2D eigenvalue weighted by Gasteiger charge is 2.16. The number of nitrogens with one attached hydrogen (secondary N) is 3. The van der Waals surface area contributed by atoms with Crippen molar-refractivity contribution in [1.82, 2.24) is 15.0 Å². The van der Waals surface area contributed by atoms with Gasteiger partial charge >= 0.3 is 5.69 Å². The van der Waals surface area contributed by atoms with E-state index in [0.29, 0.717) is 16.7 Å². The number of hydrogen-bond acceptors (Lipinski definition) is 4. The highest BCUT2D eigenvalue weighted by Crippen LogP contribution is 2.18. The Morgan fingerprint density at radius 3 is 2.62 bits per heavy atom. The summed E-state index contributed by atoms with van der Waals surface area (Å²) < 4.78 is 27.0. The molecule has 0 aliphatic rings. The minimum atomic E-state index is -3.76. The van der Waals surface area contributed by atoms with Crippen molar-refractivity contribution in [2.45, 2.75) is 11.8 Å². The van der Waals surface area contributed by atoms with Crippen molar-refractivity contribution in [2.75, 3.05) is 4.72 Å². The summed E-state index contributed by atoms with van der Waals surface area (Å²) in [6.45, 7) is 1.77. The molecule has 108 valence electrons. The normalized spacial score (nSPS) is 11.7. The summed E-state index contributed by atoms with van der Waals surface area (Å²) in [5.74, 6) is 0.248. The van der Waals surface area contributed by atoms with Crippen molar-refractivity contribution >= 4 is 26.9 Å². The average molecular weight is 304 g/mol. The van der Waals surface area contributed by atoms with Crippen molar-refractivity contribution in [3.63, 3.8) is 0 Å². The summed E-state index contributed by atoms with van der Waals surface area (Å²) in [4.78, 5) is 20.4. The van der Waals surface area contributed by atoms with Gasteiger partial charge in [0, 0.05) is 5.69 Å². The molecule has 0 radical (unpaired) electrons. The van der Waals surface area contributed by atoms with E-state index < -0.39 is 10.0 Å². The molecule has 0 aliphatic heterocycles. The molecule has 21 heavy (non-hydrogen) atoms. The third-order valence-corrected chi connectivity index (χ3v) is 4.28. The molecule has 0 saturated heterocycles. The molecule has 3 N–H and O–H groups in total. The molecule has 3 aromatic rings. The fourth-order valence-corrected chi connectivity index (χ4v) is 3.00. The van der Waals surface area contributed by atoms with E-state index in [0.717, 1.165) is 0 Å². The third kappa shape index (κ3) is 2.65. The van der Waals surface area contributed by atoms with Crippen molar-refractivity contribution < 1.29 is 8.42 Å². The maximum absolute atomic E-state index is 12.3. The van der Waals surface area contributed by atoms with Gasteiger partial charge in [0.2, 0.25) is 0 Å². The number of benzene rings is 1. The van der Waals surface area contributed by atoms with Crippen molar-refractivity contribution in [3.8, 4) is 0 Å². The molecule has 3 rings (SSSR count). The standard InChI is InChI=1S/C13H12N4O3S/c1-8-3-2-4-12(14-8)17-21(19,20)9-5-6-10-11(7-9)16-13(18)15-10/h2-7H,1H3,(H,14,17)(H2,15,16,18). The molecular weight excluding hydrogens is 292 g/mol. The lowest BCUT2D eigenvalue weighted by Crippen LogP contribution is -2.14. The summed E-state index contributed by atoms with van der Waals surface area (Å²) in [7, 11) is -3.76. The molecule has 8 heteroatoms. The van der Waals surface area contributed by atoms with Gasteiger partial charge in [-0.25, -0.2) is 18.2 Å². The quantitative estimate of drug-likeness (QED) is 0.679. The van der Waals surface area contributed by atoms with E-state index in [4.69, 9.17) is 0 Å². The van der Waals surface area contributed by atoms with E-state index in [1.165, 1.54) is 18.2 Å². The largest absolute Gasteiger partial charge is 0.323 e. The van der Waals surface area contributed by atoms with Gasteiger partial charge in [0.15, 0.2) is 0 Å². The summed E-state index contributed by atoms with van der Waals surface area (Å²) in [6, 6.07) is 9.41. The molecular formula is C13H12N4O3S. The Morgan fingerprint density at radius 1 is 1.10 bits per heavy atom. The predicted octanol–water partition coefficient (Wildman–Crippen LogP) is 1.36. The third-order valence-electron chi connectivity index (χ3n) is 2.92. The van der Waals surface area contributed by atoms with Crippen LogP contribution in [0.25, 0.3) is 11.0 Å². The molecule has 0 saturated carbocycles. The Kier molecular flexibility index (Phi) is 3.02. The van der Waals surface area contributed by atoms with Crippen molar-refractivity contribution in [3.05, 3.63) is 52.6 Å². The molecule has 0 fully saturated rings. The zero-order valence-corrected chi connectivity index (χ0v) is 11.9. The number of aromatic nitrogens is 3. The highest BCUT2D eigenvalue weighted by atomic mass is 32.2. The highest BCUT2D eigenvalue weighted by molar-refractivity contribution is 7.92. The number of aromatic amines is 2. The van der Waals surface area contributed by atoms with Crippen molar-refractivity contribution in [1.29, 1.82) is 0 Å². The Labute approximate surface area is 120 Å². The fraction of sp³-hybridized carbons (Fsp3) is 0.0769. The van der Waals surface area contributed by atoms with E-state index in [1.807, 2.05) is 0 Å². The van der Waals surface area contributed by atoms with Crippen LogP contribution in [0.1, 0.15) is 5.69 Å². The first-order valence-corrected chi connectivity index (χ1v) is 7.61. The second kappa shape index (κ2) is 4.74. The van der Waals surface area contributed by atoms with Gasteiger partial charge in [-0.15, -0.1) is 0 Å². The van der Waals surface area contributed by atoms with E-state index in [1.54, 1.807) is 25.1 Å². The number of imidazole rings is 1. The predicted molar refractivity (Wildman–Crippen MR) is 78.7 cm³/mol. The Bertz CT molecular complexity index is 972. The van der Waals surface area contributed by atoms with Gasteiger partial charge < -0.3 is 9.97 Å². The second-order valence-corrected chi connectivity index (χ2v) is 6.24. The maximum atomic E-state index is 12.3. The topological polar surface area (TPSA) is 108 Å². The lowest BCUT2D eigenvalue weighted by molar-refractivity contribution is 0.601. The molecule has 7 nitrogen and oxygen atoms in total. The van der Waals surface area contributed by atoms with Gasteiger partial charge in [-0.2, -0.15) is 0 Å². The van der Waals surface area contributed by atoms with Crippen LogP contribution >= 0.6 is 0 Å². The van der Waals surface area contributed by atoms with Gasteiger partial charge in [-0.1, -0.05) is 6.07 Å². The zero-order valence-electron chi connectivity index (χ0n) is 11.0. The molecule has 0 bridgehead atoms. The summed E-state index contributed by atoms with van der Waals surface area (Å²) in [5.41, 5.74) is 1.31. The number of aryl methyl sites for hydroxylation is 1. The molecule has 1 aromatic carbocycles. The van der Waals surface area contributed by atoms with Crippen molar-refractivity contribution in [2.24, 2.45) is 0 Å². The summed E-state index contributed by atoms with van der Waals surface area (Å²) in [6.07, 6.45) is 0. The summed E-state index contributed by atoms with van der Waals surface area (Å²) in [5, 5.41) is 0. The molecule has 2 aromatic heterocycles. The van der Waals surface area contributed by atoms with Gasteiger partial charge in [0.1, 0.15) is 5.82 Å². The SMILES string of the molecule is Cc1cccc(NS(=O)(=O)c2ccc3[nH]c(=O)[nH]c3c2)n1. The number of rotatable bonds is 3. The van der Waals surface area contributed by atoms with Gasteiger partial charge in [-0.3, -0.25) is 4.72 Å². The molecule has 0 unspecified atom stereocenters. The Balaban J connectivity index is 2.01. The lowest BCUT2D eigenvalue weighted by atomic mass is 10.3.